The van der Waals surface area contributed by atoms with Gasteiger partial charge in [0.1, 0.15) is 17.3 Å². The Labute approximate surface area is 174 Å². The van der Waals surface area contributed by atoms with Crippen LogP contribution >= 0.6 is 0 Å². The van der Waals surface area contributed by atoms with E-state index in [-0.39, 0.29) is 1.43 Å². The van der Waals surface area contributed by atoms with Crippen LogP contribution in [-0.4, -0.2) is 53.6 Å². The molecule has 1 fully saturated rings. The van der Waals surface area contributed by atoms with Gasteiger partial charge in [-0.15, -0.1) is 0 Å². The molecule has 0 bridgehead atoms. The molecular formula is C22H22FN5O2. The molecule has 0 aliphatic carbocycles. The number of nitrogens with zero attached hydrogens (tertiary/aromatic N) is 4. The van der Waals surface area contributed by atoms with Gasteiger partial charge in [-0.2, -0.15) is 9.49 Å². The lowest BCUT2D eigenvalue weighted by Gasteiger charge is -2.27. The second-order valence-corrected chi connectivity index (χ2v) is 7.01. The number of halogens is 1. The Balaban J connectivity index is 0.00000231. The Morgan fingerprint density at radius 1 is 1.07 bits per heavy atom. The molecule has 0 radical (unpaired) electrons. The number of aromatic nitrogens is 4. The SMILES string of the molecule is COc1ccnc(F)c1-c1ccc2[nH]nc(-c3ccnc(N4CCOCC4)c3)c2c1.[HH]. The first-order valence-electron chi connectivity index (χ1n) is 9.70. The van der Waals surface area contributed by atoms with E-state index in [0.717, 1.165) is 41.1 Å². The van der Waals surface area contributed by atoms with Crippen LogP contribution in [0.4, 0.5) is 10.2 Å². The van der Waals surface area contributed by atoms with E-state index in [1.54, 1.807) is 12.3 Å². The third kappa shape index (κ3) is 3.25. The van der Waals surface area contributed by atoms with Gasteiger partial charge >= 0.3 is 0 Å². The number of fused-ring (bicyclic) bond motifs is 1. The topological polar surface area (TPSA) is 76.2 Å². The number of anilines is 1. The smallest absolute Gasteiger partial charge is 0.224 e. The molecule has 30 heavy (non-hydrogen) atoms. The summed E-state index contributed by atoms with van der Waals surface area (Å²) in [7, 11) is 1.52. The Kier molecular flexibility index (Phi) is 4.76. The zero-order chi connectivity index (χ0) is 20.5. The van der Waals surface area contributed by atoms with E-state index in [2.05, 4.69) is 25.1 Å². The van der Waals surface area contributed by atoms with Crippen LogP contribution in [0, 0.1) is 5.95 Å². The monoisotopic (exact) mass is 407 g/mol. The molecule has 8 heteroatoms. The number of morpholine rings is 1. The van der Waals surface area contributed by atoms with Gasteiger partial charge in [0.2, 0.25) is 5.95 Å². The van der Waals surface area contributed by atoms with Crippen molar-refractivity contribution in [2.75, 3.05) is 38.3 Å². The molecular weight excluding hydrogens is 385 g/mol. The summed E-state index contributed by atoms with van der Waals surface area (Å²) in [5.41, 5.74) is 3.59. The summed E-state index contributed by atoms with van der Waals surface area (Å²) in [4.78, 5) is 10.5. The van der Waals surface area contributed by atoms with E-state index in [1.807, 2.05) is 30.3 Å². The number of methoxy groups -OCH3 is 1. The van der Waals surface area contributed by atoms with Gasteiger partial charge < -0.3 is 14.4 Å². The van der Waals surface area contributed by atoms with E-state index in [9.17, 15) is 4.39 Å². The molecule has 1 aliphatic heterocycles. The van der Waals surface area contributed by atoms with Crippen LogP contribution in [0.2, 0.25) is 0 Å². The number of nitrogens with one attached hydrogen (secondary N) is 1. The lowest BCUT2D eigenvalue weighted by atomic mass is 10.0. The molecule has 5 rings (SSSR count). The van der Waals surface area contributed by atoms with Crippen molar-refractivity contribution in [1.82, 2.24) is 20.2 Å². The van der Waals surface area contributed by atoms with Crippen LogP contribution in [0.5, 0.6) is 5.75 Å². The highest BCUT2D eigenvalue weighted by Gasteiger charge is 2.17. The summed E-state index contributed by atoms with van der Waals surface area (Å²) in [5, 5.41) is 8.46. The number of rotatable bonds is 4. The van der Waals surface area contributed by atoms with Crippen LogP contribution < -0.4 is 9.64 Å². The molecule has 0 saturated carbocycles. The minimum Gasteiger partial charge on any atom is -0.496 e. The average Bonchev–Trinajstić information content (AvgIpc) is 3.23. The predicted octanol–water partition coefficient (Wildman–Crippen LogP) is 3.92. The third-order valence-electron chi connectivity index (χ3n) is 5.29. The van der Waals surface area contributed by atoms with Gasteiger partial charge in [-0.3, -0.25) is 5.10 Å². The summed E-state index contributed by atoms with van der Waals surface area (Å²) in [6.07, 6.45) is 3.18. The van der Waals surface area contributed by atoms with Gasteiger partial charge in [-0.05, 0) is 35.9 Å². The standard InChI is InChI=1S/C22H20FN5O2.H2/c1-29-18-5-7-25-22(23)20(18)14-2-3-17-16(12-14)21(27-26-17)15-4-6-24-19(13-15)28-8-10-30-11-9-28;/h2-7,12-13H,8-11H2,1H3,(H,26,27);1H. The number of benzene rings is 1. The van der Waals surface area contributed by atoms with Crippen molar-refractivity contribution >= 4 is 16.7 Å². The molecule has 3 aromatic heterocycles. The van der Waals surface area contributed by atoms with E-state index in [0.29, 0.717) is 30.1 Å². The maximum atomic E-state index is 14.5. The second kappa shape index (κ2) is 7.72. The molecule has 1 aliphatic rings. The van der Waals surface area contributed by atoms with Crippen molar-refractivity contribution in [1.29, 1.82) is 0 Å². The molecule has 4 heterocycles. The number of pyridine rings is 2. The summed E-state index contributed by atoms with van der Waals surface area (Å²) < 4.78 is 25.3. The van der Waals surface area contributed by atoms with E-state index >= 15 is 0 Å². The molecule has 0 unspecified atom stereocenters. The number of aromatic amines is 1. The minimum atomic E-state index is -0.572. The summed E-state index contributed by atoms with van der Waals surface area (Å²) in [6, 6.07) is 11.2. The van der Waals surface area contributed by atoms with Gasteiger partial charge in [0.25, 0.3) is 0 Å². The molecule has 0 atom stereocenters. The van der Waals surface area contributed by atoms with Gasteiger partial charge in [0.15, 0.2) is 0 Å². The van der Waals surface area contributed by atoms with Crippen molar-refractivity contribution < 1.29 is 15.3 Å². The number of hydrogen-bond acceptors (Lipinski definition) is 6. The fourth-order valence-electron chi connectivity index (χ4n) is 3.77. The fourth-order valence-corrected chi connectivity index (χ4v) is 3.77. The molecule has 7 nitrogen and oxygen atoms in total. The molecule has 1 saturated heterocycles. The lowest BCUT2D eigenvalue weighted by Crippen LogP contribution is -2.36. The highest BCUT2D eigenvalue weighted by molar-refractivity contribution is 5.96. The van der Waals surface area contributed by atoms with Crippen LogP contribution in [0.1, 0.15) is 1.43 Å². The normalized spacial score (nSPS) is 14.3. The first kappa shape index (κ1) is 18.5. The second-order valence-electron chi connectivity index (χ2n) is 7.01. The van der Waals surface area contributed by atoms with Crippen molar-refractivity contribution in [3.63, 3.8) is 0 Å². The van der Waals surface area contributed by atoms with Gasteiger partial charge in [-0.25, -0.2) is 9.97 Å². The highest BCUT2D eigenvalue weighted by Crippen LogP contribution is 2.35. The van der Waals surface area contributed by atoms with Crippen LogP contribution in [-0.2, 0) is 4.74 Å². The first-order chi connectivity index (χ1) is 14.7. The van der Waals surface area contributed by atoms with Gasteiger partial charge in [0, 0.05) is 37.9 Å². The van der Waals surface area contributed by atoms with E-state index in [4.69, 9.17) is 9.47 Å². The van der Waals surface area contributed by atoms with Crippen LogP contribution in [0.3, 0.4) is 0 Å². The largest absolute Gasteiger partial charge is 0.496 e. The Hall–Kier alpha value is -3.52. The Morgan fingerprint density at radius 2 is 1.90 bits per heavy atom. The molecule has 0 amide bonds. The average molecular weight is 407 g/mol. The molecule has 154 valence electrons. The van der Waals surface area contributed by atoms with Crippen molar-refractivity contribution in [3.05, 3.63) is 54.7 Å². The van der Waals surface area contributed by atoms with Crippen molar-refractivity contribution in [2.45, 2.75) is 0 Å². The molecule has 4 aromatic rings. The minimum absolute atomic E-state index is 0. The number of ether oxygens (including phenoxy) is 2. The summed E-state index contributed by atoms with van der Waals surface area (Å²) >= 11 is 0. The maximum absolute atomic E-state index is 14.5. The zero-order valence-corrected chi connectivity index (χ0v) is 16.4. The number of hydrogen-bond donors (Lipinski definition) is 1. The number of H-pyrrole nitrogens is 1. The predicted molar refractivity (Wildman–Crippen MR) is 114 cm³/mol. The van der Waals surface area contributed by atoms with Gasteiger partial charge in [-0.1, -0.05) is 6.07 Å². The van der Waals surface area contributed by atoms with Crippen LogP contribution in [0.25, 0.3) is 33.3 Å². The summed E-state index contributed by atoms with van der Waals surface area (Å²) in [6.45, 7) is 3.00. The third-order valence-corrected chi connectivity index (χ3v) is 5.29. The lowest BCUT2D eigenvalue weighted by molar-refractivity contribution is 0.122. The Bertz CT molecular complexity index is 1210. The fraction of sp³-hybridized carbons (Fsp3) is 0.227. The summed E-state index contributed by atoms with van der Waals surface area (Å²) in [5.74, 6) is 0.755. The van der Waals surface area contributed by atoms with E-state index < -0.39 is 5.95 Å². The molecule has 1 N–H and O–H groups in total. The molecule has 0 spiro atoms. The van der Waals surface area contributed by atoms with Gasteiger partial charge in [0.05, 0.1) is 31.4 Å². The van der Waals surface area contributed by atoms with Crippen molar-refractivity contribution in [2.24, 2.45) is 0 Å². The maximum Gasteiger partial charge on any atom is 0.224 e. The van der Waals surface area contributed by atoms with Crippen molar-refractivity contribution in [3.8, 4) is 28.1 Å². The van der Waals surface area contributed by atoms with Crippen LogP contribution in [0.15, 0.2) is 48.8 Å². The van der Waals surface area contributed by atoms with E-state index in [1.165, 1.54) is 13.3 Å². The molecule has 1 aromatic carbocycles. The quantitative estimate of drug-likeness (QED) is 0.517. The highest BCUT2D eigenvalue weighted by atomic mass is 19.1. The first-order valence-corrected chi connectivity index (χ1v) is 9.70. The zero-order valence-electron chi connectivity index (χ0n) is 16.4. The Morgan fingerprint density at radius 3 is 2.73 bits per heavy atom.